The van der Waals surface area contributed by atoms with Gasteiger partial charge < -0.3 is 9.32 Å². The van der Waals surface area contributed by atoms with E-state index in [1.165, 1.54) is 0 Å². The number of pyridine rings is 1. The first-order valence-corrected chi connectivity index (χ1v) is 8.25. The predicted molar refractivity (Wildman–Crippen MR) is 95.3 cm³/mol. The lowest BCUT2D eigenvalue weighted by atomic mass is 10.1. The van der Waals surface area contributed by atoms with Gasteiger partial charge in [0.05, 0.1) is 0 Å². The molecule has 6 heteroatoms. The van der Waals surface area contributed by atoms with Gasteiger partial charge in [0.2, 0.25) is 0 Å². The average molecular weight is 338 g/mol. The lowest BCUT2D eigenvalue weighted by molar-refractivity contribution is 0.0737. The average Bonchev–Trinajstić information content (AvgIpc) is 3.24. The summed E-state index contributed by atoms with van der Waals surface area (Å²) in [6.45, 7) is 5.92. The molecule has 1 amide bonds. The first-order chi connectivity index (χ1) is 12.0. The molecule has 0 aliphatic heterocycles. The highest BCUT2D eigenvalue weighted by Gasteiger charge is 2.22. The van der Waals surface area contributed by atoms with E-state index in [0.717, 1.165) is 17.0 Å². The summed E-state index contributed by atoms with van der Waals surface area (Å²) in [6.07, 6.45) is 2.48. The summed E-state index contributed by atoms with van der Waals surface area (Å²) < 4.78 is 5.56. The number of carbonyl (C=O) groups is 1. The van der Waals surface area contributed by atoms with Crippen LogP contribution in [-0.2, 0) is 6.42 Å². The first kappa shape index (κ1) is 17.0. The Hall–Kier alpha value is -2.89. The maximum absolute atomic E-state index is 12.7. The minimum absolute atomic E-state index is 0.00658. The van der Waals surface area contributed by atoms with Crippen molar-refractivity contribution < 1.29 is 9.21 Å². The summed E-state index contributed by atoms with van der Waals surface area (Å²) in [5.41, 5.74) is 3.20. The van der Waals surface area contributed by atoms with Crippen LogP contribution in [0.3, 0.4) is 0 Å². The molecule has 0 bridgehead atoms. The molecule has 3 heterocycles. The second-order valence-electron chi connectivity index (χ2n) is 6.31. The highest BCUT2D eigenvalue weighted by Crippen LogP contribution is 2.21. The second kappa shape index (κ2) is 6.93. The van der Waals surface area contributed by atoms with Crippen LogP contribution in [0.5, 0.6) is 0 Å². The van der Waals surface area contributed by atoms with E-state index in [9.17, 15) is 4.79 Å². The number of hydrogen-bond donors (Lipinski definition) is 1. The SMILES string of the molecule is Cc1ccc(-c2cc(C(=O)N(C)[C@@H](C)Cc3ncccc3C)n[nH]2)o1. The van der Waals surface area contributed by atoms with Crippen LogP contribution in [0.25, 0.3) is 11.5 Å². The molecule has 0 unspecified atom stereocenters. The van der Waals surface area contributed by atoms with E-state index in [0.29, 0.717) is 23.6 Å². The van der Waals surface area contributed by atoms with Gasteiger partial charge in [-0.15, -0.1) is 0 Å². The van der Waals surface area contributed by atoms with E-state index in [2.05, 4.69) is 15.2 Å². The molecule has 0 aliphatic carbocycles. The third-order valence-electron chi connectivity index (χ3n) is 4.39. The molecule has 0 saturated heterocycles. The third-order valence-corrected chi connectivity index (χ3v) is 4.39. The van der Waals surface area contributed by atoms with Crippen molar-refractivity contribution >= 4 is 5.91 Å². The fourth-order valence-electron chi connectivity index (χ4n) is 2.67. The van der Waals surface area contributed by atoms with Crippen LogP contribution in [0.15, 0.2) is 40.9 Å². The van der Waals surface area contributed by atoms with Crippen molar-refractivity contribution in [2.45, 2.75) is 33.2 Å². The van der Waals surface area contributed by atoms with Crippen LogP contribution < -0.4 is 0 Å². The van der Waals surface area contributed by atoms with Crippen LogP contribution >= 0.6 is 0 Å². The van der Waals surface area contributed by atoms with E-state index in [-0.39, 0.29) is 11.9 Å². The Bertz CT molecular complexity index is 881. The molecular weight excluding hydrogens is 316 g/mol. The largest absolute Gasteiger partial charge is 0.460 e. The molecule has 25 heavy (non-hydrogen) atoms. The number of aromatic nitrogens is 3. The van der Waals surface area contributed by atoms with Crippen molar-refractivity contribution in [3.05, 3.63) is 59.2 Å². The van der Waals surface area contributed by atoms with Gasteiger partial charge in [0.15, 0.2) is 11.5 Å². The minimum Gasteiger partial charge on any atom is -0.460 e. The third kappa shape index (κ3) is 3.63. The van der Waals surface area contributed by atoms with Gasteiger partial charge in [-0.1, -0.05) is 6.07 Å². The lowest BCUT2D eigenvalue weighted by Gasteiger charge is -2.24. The zero-order chi connectivity index (χ0) is 18.0. The summed E-state index contributed by atoms with van der Waals surface area (Å²) in [7, 11) is 1.79. The molecule has 3 aromatic rings. The fourth-order valence-corrected chi connectivity index (χ4v) is 2.67. The van der Waals surface area contributed by atoms with Crippen molar-refractivity contribution in [2.24, 2.45) is 0 Å². The predicted octanol–water partition coefficient (Wildman–Crippen LogP) is 3.38. The molecule has 0 aromatic carbocycles. The molecule has 130 valence electrons. The first-order valence-electron chi connectivity index (χ1n) is 8.25. The Labute approximate surface area is 146 Å². The standard InChI is InChI=1S/C19H22N4O2/c1-12-6-5-9-20-15(12)10-13(2)23(4)19(24)17-11-16(21-22-17)18-8-7-14(3)25-18/h5-9,11,13H,10H2,1-4H3,(H,21,22)/t13-/m0/s1. The van der Waals surface area contributed by atoms with E-state index >= 15 is 0 Å². The molecule has 3 aromatic heterocycles. The van der Waals surface area contributed by atoms with Crippen molar-refractivity contribution in [3.63, 3.8) is 0 Å². The molecule has 1 N–H and O–H groups in total. The zero-order valence-corrected chi connectivity index (χ0v) is 14.9. The van der Waals surface area contributed by atoms with Crippen LogP contribution in [0.1, 0.15) is 34.4 Å². The number of likely N-dealkylation sites (N-methyl/N-ethyl adjacent to an activating group) is 1. The van der Waals surface area contributed by atoms with E-state index in [4.69, 9.17) is 4.42 Å². The number of amides is 1. The van der Waals surface area contributed by atoms with Gasteiger partial charge in [0, 0.05) is 37.5 Å². The molecule has 0 fully saturated rings. The summed E-state index contributed by atoms with van der Waals surface area (Å²) in [4.78, 5) is 18.8. The topological polar surface area (TPSA) is 75.0 Å². The fraction of sp³-hybridized carbons (Fsp3) is 0.316. The maximum atomic E-state index is 12.7. The number of aromatic amines is 1. The van der Waals surface area contributed by atoms with Crippen molar-refractivity contribution in [1.29, 1.82) is 0 Å². The minimum atomic E-state index is -0.133. The summed E-state index contributed by atoms with van der Waals surface area (Å²) >= 11 is 0. The normalized spacial score (nSPS) is 12.2. The Kier molecular flexibility index (Phi) is 4.70. The summed E-state index contributed by atoms with van der Waals surface area (Å²) in [5.74, 6) is 1.35. The number of aryl methyl sites for hydroxylation is 2. The van der Waals surface area contributed by atoms with Gasteiger partial charge in [-0.05, 0) is 44.5 Å². The van der Waals surface area contributed by atoms with Crippen molar-refractivity contribution in [3.8, 4) is 11.5 Å². The number of furan rings is 1. The van der Waals surface area contributed by atoms with Gasteiger partial charge in [-0.2, -0.15) is 5.10 Å². The number of H-pyrrole nitrogens is 1. The number of nitrogens with one attached hydrogen (secondary N) is 1. The van der Waals surface area contributed by atoms with Crippen LogP contribution in [0.2, 0.25) is 0 Å². The molecule has 0 spiro atoms. The molecular formula is C19H22N4O2. The van der Waals surface area contributed by atoms with Gasteiger partial charge in [-0.3, -0.25) is 14.9 Å². The van der Waals surface area contributed by atoms with Crippen molar-refractivity contribution in [2.75, 3.05) is 7.05 Å². The molecule has 0 radical (unpaired) electrons. The zero-order valence-electron chi connectivity index (χ0n) is 14.9. The van der Waals surface area contributed by atoms with Gasteiger partial charge in [0.25, 0.3) is 5.91 Å². The van der Waals surface area contributed by atoms with E-state index < -0.39 is 0 Å². The second-order valence-corrected chi connectivity index (χ2v) is 6.31. The van der Waals surface area contributed by atoms with E-state index in [1.807, 2.05) is 45.0 Å². The van der Waals surface area contributed by atoms with Crippen LogP contribution in [0, 0.1) is 13.8 Å². The Morgan fingerprint density at radius 1 is 1.32 bits per heavy atom. The van der Waals surface area contributed by atoms with Crippen LogP contribution in [0.4, 0.5) is 0 Å². The summed E-state index contributed by atoms with van der Waals surface area (Å²) in [6, 6.07) is 9.40. The number of nitrogens with zero attached hydrogens (tertiary/aromatic N) is 3. The van der Waals surface area contributed by atoms with Gasteiger partial charge in [-0.25, -0.2) is 0 Å². The van der Waals surface area contributed by atoms with Gasteiger partial charge >= 0.3 is 0 Å². The number of carbonyl (C=O) groups excluding carboxylic acids is 1. The highest BCUT2D eigenvalue weighted by molar-refractivity contribution is 5.93. The van der Waals surface area contributed by atoms with Crippen molar-refractivity contribution in [1.82, 2.24) is 20.1 Å². The lowest BCUT2D eigenvalue weighted by Crippen LogP contribution is -2.37. The number of hydrogen-bond acceptors (Lipinski definition) is 4. The van der Waals surface area contributed by atoms with Crippen LogP contribution in [-0.4, -0.2) is 39.1 Å². The monoisotopic (exact) mass is 338 g/mol. The Balaban J connectivity index is 1.72. The Morgan fingerprint density at radius 3 is 2.80 bits per heavy atom. The smallest absolute Gasteiger partial charge is 0.274 e. The molecule has 0 saturated carbocycles. The summed E-state index contributed by atoms with van der Waals surface area (Å²) in [5, 5.41) is 7.00. The quantitative estimate of drug-likeness (QED) is 0.774. The number of rotatable bonds is 5. The maximum Gasteiger partial charge on any atom is 0.274 e. The molecule has 6 nitrogen and oxygen atoms in total. The highest BCUT2D eigenvalue weighted by atomic mass is 16.3. The Morgan fingerprint density at radius 2 is 2.12 bits per heavy atom. The molecule has 1 atom stereocenters. The molecule has 0 aliphatic rings. The van der Waals surface area contributed by atoms with E-state index in [1.54, 1.807) is 24.2 Å². The molecule has 3 rings (SSSR count). The van der Waals surface area contributed by atoms with Gasteiger partial charge in [0.1, 0.15) is 11.5 Å².